The summed E-state index contributed by atoms with van der Waals surface area (Å²) in [6.07, 6.45) is -1.80. The Kier molecular flexibility index (Phi) is 11.2. The van der Waals surface area contributed by atoms with E-state index in [0.29, 0.717) is 39.4 Å². The Morgan fingerprint density at radius 1 is 1.00 bits per heavy atom. The van der Waals surface area contributed by atoms with Crippen molar-refractivity contribution in [3.8, 4) is 28.1 Å². The van der Waals surface area contributed by atoms with Crippen LogP contribution in [0.2, 0.25) is 0 Å². The highest BCUT2D eigenvalue weighted by molar-refractivity contribution is 5.97. The van der Waals surface area contributed by atoms with Gasteiger partial charge in [0.1, 0.15) is 36.4 Å². The van der Waals surface area contributed by atoms with Gasteiger partial charge in [-0.1, -0.05) is 36.4 Å². The fourth-order valence-electron chi connectivity index (χ4n) is 5.33. The lowest BCUT2D eigenvalue weighted by atomic mass is 9.98. The van der Waals surface area contributed by atoms with E-state index < -0.39 is 61.0 Å². The van der Waals surface area contributed by atoms with E-state index in [-0.39, 0.29) is 24.8 Å². The summed E-state index contributed by atoms with van der Waals surface area (Å²) >= 11 is 0. The van der Waals surface area contributed by atoms with Crippen LogP contribution in [0.4, 0.5) is 23.7 Å². The van der Waals surface area contributed by atoms with Gasteiger partial charge < -0.3 is 29.6 Å². The van der Waals surface area contributed by atoms with Gasteiger partial charge in [0, 0.05) is 11.1 Å². The number of aryl methyl sites for hydroxylation is 1. The molecule has 0 saturated carbocycles. The fraction of sp³-hybridized carbons (Fsp3) is 0.324. The van der Waals surface area contributed by atoms with Gasteiger partial charge in [0.2, 0.25) is 0 Å². The first-order valence-corrected chi connectivity index (χ1v) is 16.2. The molecule has 2 N–H and O–H groups in total. The average Bonchev–Trinajstić information content (AvgIpc) is 3.39. The van der Waals surface area contributed by atoms with Gasteiger partial charge in [0.15, 0.2) is 13.2 Å². The zero-order valence-corrected chi connectivity index (χ0v) is 28.8. The van der Waals surface area contributed by atoms with Gasteiger partial charge in [-0.25, -0.2) is 22.8 Å². The van der Waals surface area contributed by atoms with Crippen molar-refractivity contribution in [2.75, 3.05) is 18.5 Å². The third kappa shape index (κ3) is 9.89. The number of alkyl halides is 2. The number of carbonyl (C=O) groups is 4. The van der Waals surface area contributed by atoms with Gasteiger partial charge in [0.25, 0.3) is 5.91 Å². The maximum absolute atomic E-state index is 15.7. The number of aromatic nitrogens is 2. The first kappa shape index (κ1) is 37.4. The summed E-state index contributed by atoms with van der Waals surface area (Å²) in [4.78, 5) is 50.2. The van der Waals surface area contributed by atoms with Crippen LogP contribution in [0, 0.1) is 12.7 Å². The van der Waals surface area contributed by atoms with Gasteiger partial charge in [0.05, 0.1) is 23.5 Å². The minimum atomic E-state index is -3.73. The van der Waals surface area contributed by atoms with Gasteiger partial charge in [-0.3, -0.25) is 14.3 Å². The maximum atomic E-state index is 15.7. The van der Waals surface area contributed by atoms with Crippen molar-refractivity contribution in [3.63, 3.8) is 0 Å². The van der Waals surface area contributed by atoms with Crippen molar-refractivity contribution in [3.05, 3.63) is 89.9 Å². The van der Waals surface area contributed by atoms with E-state index in [2.05, 4.69) is 15.7 Å². The van der Waals surface area contributed by atoms with Crippen molar-refractivity contribution in [2.45, 2.75) is 64.8 Å². The molecule has 1 atom stereocenters. The molecule has 2 amide bonds. The van der Waals surface area contributed by atoms with Crippen LogP contribution in [0.1, 0.15) is 38.4 Å². The minimum Gasteiger partial charge on any atom is -0.482 e. The highest BCUT2D eigenvalue weighted by Gasteiger charge is 2.37. The molecule has 1 aliphatic rings. The first-order valence-electron chi connectivity index (χ1n) is 16.2. The van der Waals surface area contributed by atoms with E-state index >= 15 is 8.78 Å². The summed E-state index contributed by atoms with van der Waals surface area (Å²) in [6, 6.07) is 17.1. The normalized spacial score (nSPS) is 13.2. The summed E-state index contributed by atoms with van der Waals surface area (Å²) in [5.41, 5.74) is 1.92. The van der Waals surface area contributed by atoms with Gasteiger partial charge >= 0.3 is 24.0 Å². The summed E-state index contributed by atoms with van der Waals surface area (Å²) in [5, 5.41) is 9.29. The number of ether oxygens (including phenoxy) is 4. The van der Waals surface area contributed by atoms with Crippen molar-refractivity contribution in [1.82, 2.24) is 15.1 Å². The van der Waals surface area contributed by atoms with Gasteiger partial charge in [-0.2, -0.15) is 5.10 Å². The Balaban J connectivity index is 1.35. The van der Waals surface area contributed by atoms with Crippen LogP contribution in [-0.4, -0.2) is 64.5 Å². The zero-order chi connectivity index (χ0) is 37.6. The predicted molar refractivity (Wildman–Crippen MR) is 182 cm³/mol. The second-order valence-electron chi connectivity index (χ2n) is 13.0. The second-order valence-corrected chi connectivity index (χ2v) is 13.0. The van der Waals surface area contributed by atoms with Crippen LogP contribution < -0.4 is 15.4 Å². The molecule has 5 rings (SSSR count). The molecule has 0 radical (unpaired) electrons. The molecule has 4 aromatic rings. The number of rotatable bonds is 12. The smallest absolute Gasteiger partial charge is 0.408 e. The predicted octanol–water partition coefficient (Wildman–Crippen LogP) is 6.20. The molecule has 274 valence electrons. The lowest BCUT2D eigenvalue weighted by Crippen LogP contribution is -2.46. The SMILES string of the molecule is Cc1nn(CC(F)(F)COC(=O)[C@H](CC(=O)OCc2ccccc2)NC(=O)OC(C)(C)C)c(-c2ccc(F)cc2)c1-c1ccc2c(c1)NC(=O)CO2. The number of amides is 2. The van der Waals surface area contributed by atoms with Crippen molar-refractivity contribution < 1.29 is 51.3 Å². The standard InChI is InChI=1S/C37H37F3N4O8/c1-22-32(25-12-15-29-27(16-25)41-30(45)19-49-29)33(24-10-13-26(38)14-11-24)44(43-22)20-37(39,40)21-51-34(47)28(42-35(48)52-36(2,3)4)17-31(46)50-18-23-8-6-5-7-9-23/h5-16,28H,17-21H2,1-4H3,(H,41,45)(H,42,48)/t28-/m0/s1. The summed E-state index contributed by atoms with van der Waals surface area (Å²) in [6.45, 7) is 3.54. The highest BCUT2D eigenvalue weighted by Crippen LogP contribution is 2.40. The van der Waals surface area contributed by atoms with E-state index in [9.17, 15) is 23.6 Å². The molecule has 52 heavy (non-hydrogen) atoms. The molecular formula is C37H37F3N4O8. The number of alkyl carbamates (subject to hydrolysis) is 1. The van der Waals surface area contributed by atoms with E-state index in [0.717, 1.165) is 4.68 Å². The number of benzene rings is 3. The molecule has 12 nitrogen and oxygen atoms in total. The number of nitrogens with one attached hydrogen (secondary N) is 2. The summed E-state index contributed by atoms with van der Waals surface area (Å²) < 4.78 is 67.2. The zero-order valence-electron chi connectivity index (χ0n) is 28.8. The minimum absolute atomic E-state index is 0.124. The molecule has 0 unspecified atom stereocenters. The highest BCUT2D eigenvalue weighted by atomic mass is 19.3. The van der Waals surface area contributed by atoms with Crippen molar-refractivity contribution in [2.24, 2.45) is 0 Å². The maximum Gasteiger partial charge on any atom is 0.408 e. The summed E-state index contributed by atoms with van der Waals surface area (Å²) in [7, 11) is 0. The number of esters is 2. The monoisotopic (exact) mass is 722 g/mol. The van der Waals surface area contributed by atoms with E-state index in [1.807, 2.05) is 0 Å². The van der Waals surface area contributed by atoms with Crippen molar-refractivity contribution >= 4 is 29.6 Å². The van der Waals surface area contributed by atoms with Crippen molar-refractivity contribution in [1.29, 1.82) is 0 Å². The molecule has 0 bridgehead atoms. The molecule has 0 spiro atoms. The van der Waals surface area contributed by atoms with Crippen LogP contribution in [0.5, 0.6) is 5.75 Å². The Labute approximate surface area is 297 Å². The van der Waals surface area contributed by atoms with Gasteiger partial charge in [-0.15, -0.1) is 0 Å². The Hall–Kier alpha value is -5.86. The molecule has 3 aromatic carbocycles. The lowest BCUT2D eigenvalue weighted by Gasteiger charge is -2.23. The van der Waals surface area contributed by atoms with Crippen LogP contribution >= 0.6 is 0 Å². The third-order valence-corrected chi connectivity index (χ3v) is 7.54. The lowest BCUT2D eigenvalue weighted by molar-refractivity contribution is -0.162. The molecule has 0 saturated heterocycles. The molecule has 2 heterocycles. The Morgan fingerprint density at radius 2 is 1.69 bits per heavy atom. The summed E-state index contributed by atoms with van der Waals surface area (Å²) in [5.74, 6) is -6.44. The molecule has 15 heteroatoms. The molecule has 0 fully saturated rings. The molecule has 1 aromatic heterocycles. The number of halogens is 3. The number of anilines is 1. The second kappa shape index (κ2) is 15.6. The number of hydrogen-bond donors (Lipinski definition) is 2. The number of hydrogen-bond acceptors (Lipinski definition) is 9. The molecule has 0 aliphatic carbocycles. The Bertz CT molecular complexity index is 1940. The van der Waals surface area contributed by atoms with Crippen LogP contribution in [0.3, 0.4) is 0 Å². The topological polar surface area (TPSA) is 147 Å². The number of carbonyl (C=O) groups excluding carboxylic acids is 4. The number of fused-ring (bicyclic) bond motifs is 1. The first-order chi connectivity index (χ1) is 24.6. The van der Waals surface area contributed by atoms with E-state index in [4.69, 9.17) is 18.9 Å². The molecule has 1 aliphatic heterocycles. The number of nitrogens with zero attached hydrogens (tertiary/aromatic N) is 2. The Morgan fingerprint density at radius 3 is 2.38 bits per heavy atom. The average molecular weight is 723 g/mol. The fourth-order valence-corrected chi connectivity index (χ4v) is 5.33. The van der Waals surface area contributed by atoms with E-state index in [1.165, 1.54) is 24.3 Å². The third-order valence-electron chi connectivity index (χ3n) is 7.54. The van der Waals surface area contributed by atoms with Crippen LogP contribution in [0.15, 0.2) is 72.8 Å². The van der Waals surface area contributed by atoms with E-state index in [1.54, 1.807) is 76.2 Å². The molecular weight excluding hydrogens is 685 g/mol. The quantitative estimate of drug-likeness (QED) is 0.129. The van der Waals surface area contributed by atoms with Crippen LogP contribution in [-0.2, 0) is 41.7 Å². The van der Waals surface area contributed by atoms with Gasteiger partial charge in [-0.05, 0) is 75.2 Å². The largest absolute Gasteiger partial charge is 0.482 e. The van der Waals surface area contributed by atoms with Crippen LogP contribution in [0.25, 0.3) is 22.4 Å².